The monoisotopic (exact) mass is 373 g/mol. The number of allylic oxidation sites excluding steroid dienone is 6. The lowest BCUT2D eigenvalue weighted by Gasteiger charge is -2.32. The molecule has 0 amide bonds. The minimum Gasteiger partial charge on any atom is -0.500 e. The fourth-order valence-corrected chi connectivity index (χ4v) is 2.98. The molecule has 0 spiro atoms. The smallest absolute Gasteiger partial charge is 0.0999 e. The van der Waals surface area contributed by atoms with Crippen LogP contribution in [0.15, 0.2) is 72.1 Å². The average molecular weight is 374 g/mol. The van der Waals surface area contributed by atoms with E-state index in [2.05, 4.69) is 77.0 Å². The molecular weight excluding hydrogens is 330 g/mol. The van der Waals surface area contributed by atoms with Crippen molar-refractivity contribution in [3.8, 4) is 0 Å². The third-order valence-corrected chi connectivity index (χ3v) is 3.87. The van der Waals surface area contributed by atoms with Gasteiger partial charge in [-0.05, 0) is 57.3 Å². The zero-order valence-corrected chi connectivity index (χ0v) is 19.1. The second kappa shape index (κ2) is 17.6. The minimum atomic E-state index is 0.562. The summed E-state index contributed by atoms with van der Waals surface area (Å²) in [7, 11) is 0. The van der Waals surface area contributed by atoms with Crippen LogP contribution in [0.5, 0.6) is 0 Å². The van der Waals surface area contributed by atoms with Crippen molar-refractivity contribution in [1.82, 2.24) is 4.90 Å². The van der Waals surface area contributed by atoms with E-state index >= 15 is 0 Å². The molecule has 1 aliphatic heterocycles. The van der Waals surface area contributed by atoms with Gasteiger partial charge in [0.05, 0.1) is 12.9 Å². The summed E-state index contributed by atoms with van der Waals surface area (Å²) in [4.78, 5) is 2.46. The Bertz CT molecular complexity index is 531. The Morgan fingerprint density at radius 3 is 2.26 bits per heavy atom. The molecule has 1 heterocycles. The molecule has 0 N–H and O–H groups in total. The maximum absolute atomic E-state index is 5.29. The van der Waals surface area contributed by atoms with Crippen LogP contribution in [0.25, 0.3) is 0 Å². The van der Waals surface area contributed by atoms with Crippen LogP contribution in [-0.2, 0) is 4.74 Å². The van der Waals surface area contributed by atoms with Crippen molar-refractivity contribution in [1.29, 1.82) is 0 Å². The lowest BCUT2D eigenvalue weighted by Crippen LogP contribution is -2.36. The summed E-state index contributed by atoms with van der Waals surface area (Å²) in [6.07, 6.45) is 12.3. The van der Waals surface area contributed by atoms with Gasteiger partial charge in [0.1, 0.15) is 0 Å². The van der Waals surface area contributed by atoms with E-state index in [0.717, 1.165) is 19.6 Å². The normalized spacial score (nSPS) is 17.0. The quantitative estimate of drug-likeness (QED) is 0.204. The van der Waals surface area contributed by atoms with Gasteiger partial charge in [0.15, 0.2) is 0 Å². The van der Waals surface area contributed by atoms with Crippen molar-refractivity contribution in [2.75, 3.05) is 26.2 Å². The maximum atomic E-state index is 5.29. The van der Waals surface area contributed by atoms with Gasteiger partial charge in [-0.15, -0.1) is 6.58 Å². The van der Waals surface area contributed by atoms with Crippen molar-refractivity contribution in [2.45, 2.75) is 55.4 Å². The topological polar surface area (TPSA) is 12.5 Å². The van der Waals surface area contributed by atoms with Crippen LogP contribution in [0.3, 0.4) is 0 Å². The molecule has 2 nitrogen and oxygen atoms in total. The highest BCUT2D eigenvalue weighted by molar-refractivity contribution is 5.54. The number of hydrogen-bond acceptors (Lipinski definition) is 2. The molecule has 0 radical (unpaired) electrons. The molecule has 1 rings (SSSR count). The Kier molecular flexibility index (Phi) is 17.9. The largest absolute Gasteiger partial charge is 0.500 e. The van der Waals surface area contributed by atoms with Crippen LogP contribution in [0.2, 0.25) is 0 Å². The molecule has 0 aliphatic carbocycles. The molecule has 1 aliphatic rings. The number of hydrogen-bond donors (Lipinski definition) is 0. The number of ether oxygens (including phenoxy) is 1. The highest BCUT2D eigenvalue weighted by Gasteiger charge is 2.20. The Balaban J connectivity index is 0. The second-order valence-electron chi connectivity index (χ2n) is 6.47. The first-order chi connectivity index (χ1) is 12.9. The van der Waals surface area contributed by atoms with Gasteiger partial charge in [0.25, 0.3) is 0 Å². The molecule has 0 aromatic carbocycles. The minimum absolute atomic E-state index is 0.562. The molecule has 0 saturated carbocycles. The summed E-state index contributed by atoms with van der Waals surface area (Å²) in [6, 6.07) is 0. The standard InChI is InChI=1S/C20H31NO.C3H6.C2H6/c1-7-10-20(16(4)5)19(8-2)18-13-17(6)14-21(15-18)11-12-22-9-3;1-3-2;1-2/h7-10,13,17H,3,11-12,14-15H2,1-2,4-6H3;3H,1H2,2H3;1-2H3/b10-7-,19-8-;;. The van der Waals surface area contributed by atoms with Crippen molar-refractivity contribution in [2.24, 2.45) is 5.92 Å². The molecule has 1 unspecified atom stereocenters. The van der Waals surface area contributed by atoms with E-state index in [-0.39, 0.29) is 0 Å². The van der Waals surface area contributed by atoms with E-state index < -0.39 is 0 Å². The van der Waals surface area contributed by atoms with Crippen molar-refractivity contribution in [3.05, 3.63) is 72.1 Å². The third kappa shape index (κ3) is 11.5. The van der Waals surface area contributed by atoms with Crippen LogP contribution in [-0.4, -0.2) is 31.1 Å². The van der Waals surface area contributed by atoms with Gasteiger partial charge < -0.3 is 4.74 Å². The second-order valence-corrected chi connectivity index (χ2v) is 6.47. The molecule has 27 heavy (non-hydrogen) atoms. The fourth-order valence-electron chi connectivity index (χ4n) is 2.98. The summed E-state index contributed by atoms with van der Waals surface area (Å²) >= 11 is 0. The predicted octanol–water partition coefficient (Wildman–Crippen LogP) is 7.10. The Labute approximate surface area is 169 Å². The van der Waals surface area contributed by atoms with E-state index in [1.165, 1.54) is 28.6 Å². The molecular formula is C25H43NO. The highest BCUT2D eigenvalue weighted by atomic mass is 16.5. The van der Waals surface area contributed by atoms with E-state index in [1.807, 2.05) is 20.8 Å². The summed E-state index contributed by atoms with van der Waals surface area (Å²) in [5.41, 5.74) is 5.48. The van der Waals surface area contributed by atoms with Gasteiger partial charge in [0.2, 0.25) is 0 Å². The lowest BCUT2D eigenvalue weighted by molar-refractivity contribution is 0.173. The average Bonchev–Trinajstić information content (AvgIpc) is 2.64. The van der Waals surface area contributed by atoms with Crippen LogP contribution < -0.4 is 0 Å². The molecule has 0 aromatic heterocycles. The van der Waals surface area contributed by atoms with Crippen LogP contribution in [0.1, 0.15) is 55.4 Å². The molecule has 0 fully saturated rings. The van der Waals surface area contributed by atoms with Gasteiger partial charge in [-0.3, -0.25) is 4.90 Å². The van der Waals surface area contributed by atoms with Crippen LogP contribution >= 0.6 is 0 Å². The third-order valence-electron chi connectivity index (χ3n) is 3.87. The first-order valence-corrected chi connectivity index (χ1v) is 10.1. The SMILES string of the molecule is C=CC.C=COCCN1CC(/C(=C/C)C(/C=C\C)=C(C)C)=CC(C)C1.CC. The summed E-state index contributed by atoms with van der Waals surface area (Å²) in [6.45, 7) is 27.4. The van der Waals surface area contributed by atoms with Crippen molar-refractivity contribution >= 4 is 0 Å². The molecule has 0 saturated heterocycles. The summed E-state index contributed by atoms with van der Waals surface area (Å²) < 4.78 is 5.29. The van der Waals surface area contributed by atoms with Gasteiger partial charge in [0, 0.05) is 19.6 Å². The molecule has 0 aromatic rings. The maximum Gasteiger partial charge on any atom is 0.0999 e. The van der Waals surface area contributed by atoms with Gasteiger partial charge in [-0.1, -0.05) is 63.3 Å². The van der Waals surface area contributed by atoms with E-state index in [9.17, 15) is 0 Å². The van der Waals surface area contributed by atoms with E-state index in [1.54, 1.807) is 6.08 Å². The van der Waals surface area contributed by atoms with Crippen molar-refractivity contribution < 1.29 is 4.74 Å². The van der Waals surface area contributed by atoms with Crippen molar-refractivity contribution in [3.63, 3.8) is 0 Å². The Morgan fingerprint density at radius 2 is 1.81 bits per heavy atom. The fraction of sp³-hybridized carbons (Fsp3) is 0.520. The first-order valence-electron chi connectivity index (χ1n) is 10.1. The number of rotatable bonds is 7. The van der Waals surface area contributed by atoms with Gasteiger partial charge in [-0.2, -0.15) is 0 Å². The lowest BCUT2D eigenvalue weighted by atomic mass is 9.89. The van der Waals surface area contributed by atoms with E-state index in [4.69, 9.17) is 4.74 Å². The van der Waals surface area contributed by atoms with Crippen LogP contribution in [0.4, 0.5) is 0 Å². The zero-order chi connectivity index (χ0) is 21.2. The Morgan fingerprint density at radius 1 is 1.22 bits per heavy atom. The predicted molar refractivity (Wildman–Crippen MR) is 124 cm³/mol. The molecule has 2 heteroatoms. The first kappa shape index (κ1) is 27.4. The highest BCUT2D eigenvalue weighted by Crippen LogP contribution is 2.28. The van der Waals surface area contributed by atoms with Gasteiger partial charge >= 0.3 is 0 Å². The molecule has 0 bridgehead atoms. The van der Waals surface area contributed by atoms with Gasteiger partial charge in [-0.25, -0.2) is 0 Å². The zero-order valence-electron chi connectivity index (χ0n) is 19.1. The van der Waals surface area contributed by atoms with Crippen LogP contribution in [0, 0.1) is 5.92 Å². The van der Waals surface area contributed by atoms with E-state index in [0.29, 0.717) is 12.5 Å². The summed E-state index contributed by atoms with van der Waals surface area (Å²) in [5, 5.41) is 0. The molecule has 1 atom stereocenters. The summed E-state index contributed by atoms with van der Waals surface area (Å²) in [5.74, 6) is 0.562. The number of nitrogens with zero attached hydrogens (tertiary/aromatic N) is 1. The molecule has 154 valence electrons. The Hall–Kier alpha value is -1.80.